The van der Waals surface area contributed by atoms with Crippen LogP contribution in [-0.2, 0) is 23.0 Å². The highest BCUT2D eigenvalue weighted by Gasteiger charge is 2.13. The van der Waals surface area contributed by atoms with E-state index in [9.17, 15) is 8.42 Å². The third-order valence-corrected chi connectivity index (χ3v) is 4.84. The van der Waals surface area contributed by atoms with Crippen LogP contribution < -0.4 is 4.72 Å². The highest BCUT2D eigenvalue weighted by Crippen LogP contribution is 2.10. The van der Waals surface area contributed by atoms with Gasteiger partial charge in [-0.05, 0) is 44.0 Å². The lowest BCUT2D eigenvalue weighted by Crippen LogP contribution is -2.28. The molecule has 0 amide bonds. The predicted molar refractivity (Wildman–Crippen MR) is 82.7 cm³/mol. The van der Waals surface area contributed by atoms with Crippen LogP contribution in [-0.4, -0.2) is 24.7 Å². The molecule has 0 saturated heterocycles. The fourth-order valence-electron chi connectivity index (χ4n) is 2.17. The van der Waals surface area contributed by atoms with Gasteiger partial charge in [-0.25, -0.2) is 13.1 Å². The van der Waals surface area contributed by atoms with Gasteiger partial charge in [-0.2, -0.15) is 5.10 Å². The molecule has 0 unspecified atom stereocenters. The molecule has 0 atom stereocenters. The lowest BCUT2D eigenvalue weighted by molar-refractivity contribution is 0.554. The van der Waals surface area contributed by atoms with E-state index in [0.717, 1.165) is 23.4 Å². The van der Waals surface area contributed by atoms with E-state index in [1.54, 1.807) is 16.8 Å². The molecule has 6 heteroatoms. The van der Waals surface area contributed by atoms with Gasteiger partial charge in [0.15, 0.2) is 0 Å². The Morgan fingerprint density at radius 1 is 1.19 bits per heavy atom. The fourth-order valence-corrected chi connectivity index (χ4v) is 3.20. The Morgan fingerprint density at radius 3 is 2.38 bits per heavy atom. The van der Waals surface area contributed by atoms with Crippen molar-refractivity contribution in [3.63, 3.8) is 0 Å². The summed E-state index contributed by atoms with van der Waals surface area (Å²) in [4.78, 5) is 0.299. The maximum absolute atomic E-state index is 12.2. The number of hydrogen-bond acceptors (Lipinski definition) is 3. The number of nitrogens with zero attached hydrogens (tertiary/aromatic N) is 2. The molecular weight excluding hydrogens is 286 g/mol. The van der Waals surface area contributed by atoms with Crippen LogP contribution in [0.3, 0.4) is 0 Å². The first-order chi connectivity index (χ1) is 9.92. The van der Waals surface area contributed by atoms with E-state index in [1.807, 2.05) is 39.0 Å². The Hall–Kier alpha value is -1.66. The van der Waals surface area contributed by atoms with Gasteiger partial charge in [0.25, 0.3) is 0 Å². The van der Waals surface area contributed by atoms with Crippen molar-refractivity contribution in [3.8, 4) is 0 Å². The number of sulfonamides is 1. The van der Waals surface area contributed by atoms with Crippen molar-refractivity contribution >= 4 is 10.0 Å². The summed E-state index contributed by atoms with van der Waals surface area (Å²) < 4.78 is 28.8. The number of aryl methyl sites for hydroxylation is 3. The Labute approximate surface area is 126 Å². The van der Waals surface area contributed by atoms with E-state index in [-0.39, 0.29) is 0 Å². The first-order valence-corrected chi connectivity index (χ1v) is 8.50. The normalized spacial score (nSPS) is 11.8. The van der Waals surface area contributed by atoms with Gasteiger partial charge >= 0.3 is 0 Å². The Bertz CT molecular complexity index is 703. The summed E-state index contributed by atoms with van der Waals surface area (Å²) in [6.45, 7) is 6.75. The van der Waals surface area contributed by atoms with Crippen LogP contribution in [0.4, 0.5) is 0 Å². The van der Waals surface area contributed by atoms with Crippen LogP contribution in [0.25, 0.3) is 0 Å². The maximum Gasteiger partial charge on any atom is 0.240 e. The summed E-state index contributed by atoms with van der Waals surface area (Å²) >= 11 is 0. The molecule has 0 saturated carbocycles. The molecule has 21 heavy (non-hydrogen) atoms. The number of rotatable bonds is 6. The summed E-state index contributed by atoms with van der Waals surface area (Å²) in [5, 5.41) is 4.31. The monoisotopic (exact) mass is 307 g/mol. The van der Waals surface area contributed by atoms with Crippen molar-refractivity contribution in [1.82, 2.24) is 14.5 Å². The summed E-state index contributed by atoms with van der Waals surface area (Å²) in [6.07, 6.45) is 0.895. The minimum Gasteiger partial charge on any atom is -0.268 e. The molecule has 114 valence electrons. The summed E-state index contributed by atoms with van der Waals surface area (Å²) in [5.41, 5.74) is 3.08. The van der Waals surface area contributed by atoms with E-state index < -0.39 is 10.0 Å². The van der Waals surface area contributed by atoms with Crippen LogP contribution >= 0.6 is 0 Å². The van der Waals surface area contributed by atoms with Crippen molar-refractivity contribution in [1.29, 1.82) is 0 Å². The lowest BCUT2D eigenvalue weighted by atomic mass is 10.2. The first kappa shape index (κ1) is 15.7. The Balaban J connectivity index is 1.99. The standard InChI is InChI=1S/C15H21N3O2S/c1-4-14-5-7-15(8-6-14)21(19,20)16-9-10-18-13(3)11-12(2)17-18/h5-8,11,16H,4,9-10H2,1-3H3. The number of nitrogens with one attached hydrogen (secondary N) is 1. The molecule has 0 radical (unpaired) electrons. The molecule has 1 aromatic heterocycles. The zero-order chi connectivity index (χ0) is 15.5. The largest absolute Gasteiger partial charge is 0.268 e. The third-order valence-electron chi connectivity index (χ3n) is 3.36. The molecule has 0 bridgehead atoms. The van der Waals surface area contributed by atoms with Crippen molar-refractivity contribution in [3.05, 3.63) is 47.3 Å². The third kappa shape index (κ3) is 3.92. The zero-order valence-electron chi connectivity index (χ0n) is 12.6. The van der Waals surface area contributed by atoms with Crippen LogP contribution in [0.15, 0.2) is 35.2 Å². The summed E-state index contributed by atoms with van der Waals surface area (Å²) in [6, 6.07) is 8.94. The second-order valence-corrected chi connectivity index (χ2v) is 6.81. The number of hydrogen-bond donors (Lipinski definition) is 1. The molecule has 0 spiro atoms. The first-order valence-electron chi connectivity index (χ1n) is 7.02. The molecule has 1 N–H and O–H groups in total. The van der Waals surface area contributed by atoms with E-state index in [0.29, 0.717) is 18.0 Å². The van der Waals surface area contributed by atoms with Gasteiger partial charge in [0.2, 0.25) is 10.0 Å². The predicted octanol–water partition coefficient (Wildman–Crippen LogP) is 2.04. The molecule has 2 aromatic rings. The fraction of sp³-hybridized carbons (Fsp3) is 0.400. The van der Waals surface area contributed by atoms with Crippen molar-refractivity contribution in [2.24, 2.45) is 0 Å². The minimum atomic E-state index is -3.45. The second-order valence-electron chi connectivity index (χ2n) is 5.05. The molecule has 0 aliphatic rings. The van der Waals surface area contributed by atoms with Gasteiger partial charge in [0, 0.05) is 12.2 Å². The molecule has 0 aliphatic carbocycles. The summed E-state index contributed by atoms with van der Waals surface area (Å²) in [7, 11) is -3.45. The average molecular weight is 307 g/mol. The minimum absolute atomic E-state index is 0.299. The highest BCUT2D eigenvalue weighted by molar-refractivity contribution is 7.89. The SMILES string of the molecule is CCc1ccc(S(=O)(=O)NCCn2nc(C)cc2C)cc1. The van der Waals surface area contributed by atoms with E-state index >= 15 is 0 Å². The zero-order valence-corrected chi connectivity index (χ0v) is 13.4. The summed E-state index contributed by atoms with van der Waals surface area (Å²) in [5.74, 6) is 0. The molecule has 1 aromatic carbocycles. The van der Waals surface area contributed by atoms with Gasteiger partial charge in [-0.1, -0.05) is 19.1 Å². The van der Waals surface area contributed by atoms with Crippen LogP contribution in [0.1, 0.15) is 23.9 Å². The van der Waals surface area contributed by atoms with E-state index in [2.05, 4.69) is 9.82 Å². The van der Waals surface area contributed by atoms with E-state index in [4.69, 9.17) is 0 Å². The van der Waals surface area contributed by atoms with Crippen LogP contribution in [0, 0.1) is 13.8 Å². The van der Waals surface area contributed by atoms with Gasteiger partial charge in [-0.15, -0.1) is 0 Å². The van der Waals surface area contributed by atoms with Crippen molar-refractivity contribution in [2.45, 2.75) is 38.6 Å². The molecule has 1 heterocycles. The molecule has 0 aliphatic heterocycles. The second kappa shape index (κ2) is 6.41. The van der Waals surface area contributed by atoms with Gasteiger partial charge in [0.1, 0.15) is 0 Å². The molecule has 2 rings (SSSR count). The number of benzene rings is 1. The van der Waals surface area contributed by atoms with Gasteiger partial charge in [0.05, 0.1) is 17.1 Å². The van der Waals surface area contributed by atoms with Crippen molar-refractivity contribution in [2.75, 3.05) is 6.54 Å². The van der Waals surface area contributed by atoms with Gasteiger partial charge < -0.3 is 0 Å². The maximum atomic E-state index is 12.2. The smallest absolute Gasteiger partial charge is 0.240 e. The number of aromatic nitrogens is 2. The van der Waals surface area contributed by atoms with Gasteiger partial charge in [-0.3, -0.25) is 4.68 Å². The Kier molecular flexibility index (Phi) is 4.80. The quantitative estimate of drug-likeness (QED) is 0.888. The molecular formula is C15H21N3O2S. The molecule has 0 fully saturated rings. The van der Waals surface area contributed by atoms with Crippen LogP contribution in [0.5, 0.6) is 0 Å². The van der Waals surface area contributed by atoms with Crippen LogP contribution in [0.2, 0.25) is 0 Å². The van der Waals surface area contributed by atoms with Crippen molar-refractivity contribution < 1.29 is 8.42 Å². The molecule has 5 nitrogen and oxygen atoms in total. The topological polar surface area (TPSA) is 64.0 Å². The highest BCUT2D eigenvalue weighted by atomic mass is 32.2. The van der Waals surface area contributed by atoms with E-state index in [1.165, 1.54) is 0 Å². The Morgan fingerprint density at radius 2 is 1.86 bits per heavy atom. The lowest BCUT2D eigenvalue weighted by Gasteiger charge is -2.08. The average Bonchev–Trinajstić information content (AvgIpc) is 2.77.